The first-order valence-corrected chi connectivity index (χ1v) is 16.5. The van der Waals surface area contributed by atoms with Crippen molar-refractivity contribution in [1.82, 2.24) is 25.1 Å². The van der Waals surface area contributed by atoms with E-state index >= 15 is 4.39 Å². The van der Waals surface area contributed by atoms with E-state index in [0.29, 0.717) is 33.7 Å². The van der Waals surface area contributed by atoms with E-state index in [4.69, 9.17) is 11.6 Å². The van der Waals surface area contributed by atoms with Crippen LogP contribution in [0, 0.1) is 5.82 Å². The van der Waals surface area contributed by atoms with Crippen molar-refractivity contribution in [3.63, 3.8) is 0 Å². The van der Waals surface area contributed by atoms with E-state index in [1.165, 1.54) is 16.2 Å². The summed E-state index contributed by atoms with van der Waals surface area (Å²) in [4.78, 5) is 51.7. The highest BCUT2D eigenvalue weighted by Crippen LogP contribution is 2.36. The number of piperidine rings is 3. The summed E-state index contributed by atoms with van der Waals surface area (Å²) < 4.78 is 15.8. The minimum absolute atomic E-state index is 0.0578. The lowest BCUT2D eigenvalue weighted by Crippen LogP contribution is -2.52. The third-order valence-corrected chi connectivity index (χ3v) is 10.1. The fraction of sp³-hybridized carbons (Fsp3) is 0.441. The molecule has 2 aromatic carbocycles. The van der Waals surface area contributed by atoms with Crippen molar-refractivity contribution >= 4 is 41.0 Å². The number of rotatable bonds is 7. The molecule has 0 bridgehead atoms. The molecule has 240 valence electrons. The Morgan fingerprint density at radius 1 is 0.913 bits per heavy atom. The van der Waals surface area contributed by atoms with Crippen molar-refractivity contribution in [3.05, 3.63) is 81.9 Å². The third kappa shape index (κ3) is 6.30. The number of carbonyl (C=O) groups excluding carboxylic acids is 3. The molecule has 4 aliphatic heterocycles. The smallest absolute Gasteiger partial charge is 0.255 e. The zero-order chi connectivity index (χ0) is 31.8. The van der Waals surface area contributed by atoms with Gasteiger partial charge in [-0.3, -0.25) is 24.6 Å². The molecule has 3 aromatic rings. The molecule has 0 aliphatic carbocycles. The van der Waals surface area contributed by atoms with E-state index in [0.717, 1.165) is 58.4 Å². The Bertz CT molecular complexity index is 1620. The van der Waals surface area contributed by atoms with Crippen LogP contribution in [0.15, 0.2) is 48.8 Å². The zero-order valence-electron chi connectivity index (χ0n) is 25.6. The number of likely N-dealkylation sites (tertiary alicyclic amines) is 1. The number of fused-ring (bicyclic) bond motifs is 1. The van der Waals surface area contributed by atoms with Crippen LogP contribution in [0.25, 0.3) is 0 Å². The molecule has 0 radical (unpaired) electrons. The maximum atomic E-state index is 15.8. The van der Waals surface area contributed by atoms with E-state index in [1.54, 1.807) is 24.5 Å². The molecule has 1 atom stereocenters. The molecule has 0 spiro atoms. The van der Waals surface area contributed by atoms with Crippen LogP contribution in [0.5, 0.6) is 0 Å². The number of amides is 3. The first-order valence-electron chi connectivity index (χ1n) is 16.1. The van der Waals surface area contributed by atoms with Crippen LogP contribution in [-0.2, 0) is 22.7 Å². The van der Waals surface area contributed by atoms with Crippen molar-refractivity contribution in [3.8, 4) is 0 Å². The van der Waals surface area contributed by atoms with Gasteiger partial charge in [-0.25, -0.2) is 14.4 Å². The minimum Gasteiger partial charge on any atom is -0.371 e. The number of aromatic nitrogens is 2. The fourth-order valence-corrected chi connectivity index (χ4v) is 7.36. The molecule has 7 rings (SSSR count). The topological polar surface area (TPSA) is 111 Å². The second-order valence-corrected chi connectivity index (χ2v) is 13.2. The highest BCUT2D eigenvalue weighted by Gasteiger charge is 2.41. The van der Waals surface area contributed by atoms with Gasteiger partial charge in [-0.05, 0) is 80.4 Å². The maximum Gasteiger partial charge on any atom is 0.255 e. The summed E-state index contributed by atoms with van der Waals surface area (Å²) in [5, 5.41) is 6.24. The SMILES string of the molecule is O=C1CCC(N2Cc3c(ccc(C4CCN(Cc5ccc(N6CCC(Nc7ncc(Cl)cn7)CC6)cc5)CC4)c3F)C2=O)C(=O)N1. The van der Waals surface area contributed by atoms with E-state index < -0.39 is 11.9 Å². The molecular weight excluding hydrogens is 609 g/mol. The Morgan fingerprint density at radius 3 is 2.33 bits per heavy atom. The summed E-state index contributed by atoms with van der Waals surface area (Å²) in [7, 11) is 0. The van der Waals surface area contributed by atoms with Crippen LogP contribution in [0.1, 0.15) is 71.5 Å². The second-order valence-electron chi connectivity index (χ2n) is 12.7. The first-order chi connectivity index (χ1) is 22.3. The van der Waals surface area contributed by atoms with E-state index in [-0.39, 0.29) is 42.9 Å². The monoisotopic (exact) mass is 645 g/mol. The summed E-state index contributed by atoms with van der Waals surface area (Å²) in [5.41, 5.74) is 3.83. The van der Waals surface area contributed by atoms with Gasteiger partial charge in [-0.1, -0.05) is 29.8 Å². The maximum absolute atomic E-state index is 15.8. The fourth-order valence-electron chi connectivity index (χ4n) is 7.26. The number of nitrogens with zero attached hydrogens (tertiary/aromatic N) is 5. The Hall–Kier alpha value is -4.09. The Morgan fingerprint density at radius 2 is 1.63 bits per heavy atom. The molecule has 5 heterocycles. The Kier molecular flexibility index (Phi) is 8.61. The molecule has 1 unspecified atom stereocenters. The van der Waals surface area contributed by atoms with Crippen LogP contribution in [0.3, 0.4) is 0 Å². The summed E-state index contributed by atoms with van der Waals surface area (Å²) in [6.45, 7) is 4.55. The van der Waals surface area contributed by atoms with Crippen LogP contribution in [0.4, 0.5) is 16.0 Å². The molecule has 3 saturated heterocycles. The zero-order valence-corrected chi connectivity index (χ0v) is 26.3. The lowest BCUT2D eigenvalue weighted by atomic mass is 9.87. The molecule has 3 amide bonds. The lowest BCUT2D eigenvalue weighted by Gasteiger charge is -2.34. The average molecular weight is 646 g/mol. The summed E-state index contributed by atoms with van der Waals surface area (Å²) in [6, 6.07) is 11.9. The van der Waals surface area contributed by atoms with Gasteiger partial charge in [0.25, 0.3) is 5.91 Å². The molecule has 2 N–H and O–H groups in total. The van der Waals surface area contributed by atoms with Crippen molar-refractivity contribution in [2.24, 2.45) is 0 Å². The van der Waals surface area contributed by atoms with Gasteiger partial charge in [0.05, 0.1) is 24.0 Å². The second kappa shape index (κ2) is 13.0. The molecular formula is C34H37ClFN7O3. The Balaban J connectivity index is 0.900. The van der Waals surface area contributed by atoms with Crippen molar-refractivity contribution in [2.45, 2.75) is 69.6 Å². The molecule has 10 nitrogen and oxygen atoms in total. The Labute approximate surface area is 272 Å². The predicted octanol–water partition coefficient (Wildman–Crippen LogP) is 4.49. The van der Waals surface area contributed by atoms with Crippen molar-refractivity contribution in [2.75, 3.05) is 36.4 Å². The van der Waals surface area contributed by atoms with Gasteiger partial charge in [-0.2, -0.15) is 0 Å². The predicted molar refractivity (Wildman–Crippen MR) is 172 cm³/mol. The van der Waals surface area contributed by atoms with Gasteiger partial charge in [0.2, 0.25) is 17.8 Å². The van der Waals surface area contributed by atoms with Crippen LogP contribution in [0.2, 0.25) is 5.02 Å². The number of anilines is 2. The van der Waals surface area contributed by atoms with Crippen LogP contribution >= 0.6 is 11.6 Å². The van der Waals surface area contributed by atoms with Gasteiger partial charge in [0.15, 0.2) is 0 Å². The molecule has 12 heteroatoms. The van der Waals surface area contributed by atoms with Gasteiger partial charge >= 0.3 is 0 Å². The first kappa shape index (κ1) is 30.6. The van der Waals surface area contributed by atoms with Gasteiger partial charge < -0.3 is 15.1 Å². The van der Waals surface area contributed by atoms with E-state index in [1.807, 2.05) is 0 Å². The number of benzene rings is 2. The number of nitrogens with one attached hydrogen (secondary N) is 2. The highest BCUT2D eigenvalue weighted by atomic mass is 35.5. The van der Waals surface area contributed by atoms with Crippen molar-refractivity contribution < 1.29 is 18.8 Å². The number of hydrogen-bond acceptors (Lipinski definition) is 8. The summed E-state index contributed by atoms with van der Waals surface area (Å²) in [6.07, 6.45) is 7.32. The molecule has 3 fully saturated rings. The minimum atomic E-state index is -0.747. The van der Waals surface area contributed by atoms with Gasteiger partial charge in [0, 0.05) is 48.9 Å². The largest absolute Gasteiger partial charge is 0.371 e. The normalized spacial score (nSPS) is 21.4. The van der Waals surface area contributed by atoms with Crippen LogP contribution < -0.4 is 15.5 Å². The van der Waals surface area contributed by atoms with E-state index in [9.17, 15) is 14.4 Å². The number of hydrogen-bond donors (Lipinski definition) is 2. The standard InChI is InChI=1S/C34H37ClFN7O3/c35-23-17-37-34(38-18-23)39-24-11-15-42(16-12-24)25-3-1-21(2-4-25)19-41-13-9-22(10-14-41)26-5-6-27-28(31(26)36)20-43(33(27)46)29-7-8-30(44)40-32(29)45/h1-6,17-18,22,24,29H,7-16,19-20H2,(H,37,38,39)(H,40,44,45). The number of carbonyl (C=O) groups is 3. The molecule has 1 aromatic heterocycles. The quantitative estimate of drug-likeness (QED) is 0.362. The summed E-state index contributed by atoms with van der Waals surface area (Å²) >= 11 is 5.89. The summed E-state index contributed by atoms with van der Waals surface area (Å²) in [5.74, 6) is -0.807. The van der Waals surface area contributed by atoms with Gasteiger partial charge in [-0.15, -0.1) is 0 Å². The number of imide groups is 1. The molecule has 4 aliphatic rings. The third-order valence-electron chi connectivity index (χ3n) is 9.86. The molecule has 0 saturated carbocycles. The van der Waals surface area contributed by atoms with Crippen molar-refractivity contribution in [1.29, 1.82) is 0 Å². The average Bonchev–Trinajstić information content (AvgIpc) is 3.40. The van der Waals surface area contributed by atoms with E-state index in [2.05, 4.69) is 54.7 Å². The van der Waals surface area contributed by atoms with Gasteiger partial charge in [0.1, 0.15) is 11.9 Å². The highest BCUT2D eigenvalue weighted by molar-refractivity contribution is 6.30. The number of halogens is 2. The lowest BCUT2D eigenvalue weighted by molar-refractivity contribution is -0.136. The molecule has 46 heavy (non-hydrogen) atoms. The van der Waals surface area contributed by atoms with Crippen LogP contribution in [-0.4, -0.2) is 75.8 Å².